The maximum atomic E-state index is 12.3. The van der Waals surface area contributed by atoms with E-state index in [1.807, 2.05) is 0 Å². The summed E-state index contributed by atoms with van der Waals surface area (Å²) in [6.45, 7) is 4.11. The van der Waals surface area contributed by atoms with Gasteiger partial charge in [0.25, 0.3) is 0 Å². The van der Waals surface area contributed by atoms with E-state index in [2.05, 4.69) is 10.6 Å². The molecule has 7 heteroatoms. The van der Waals surface area contributed by atoms with Crippen molar-refractivity contribution in [3.63, 3.8) is 0 Å². The van der Waals surface area contributed by atoms with Crippen LogP contribution >= 0.6 is 0 Å². The topological polar surface area (TPSA) is 98.7 Å². The average Bonchev–Trinajstić information content (AvgIpc) is 2.42. The number of urea groups is 1. The average molecular weight is 291 g/mol. The molecular weight excluding hydrogens is 274 g/mol. The summed E-state index contributed by atoms with van der Waals surface area (Å²) in [6, 6.07) is 5.53. The maximum Gasteiger partial charge on any atom is 0.335 e. The normalized spacial score (nSPS) is 17.0. The van der Waals surface area contributed by atoms with Gasteiger partial charge in [0.15, 0.2) is 0 Å². The minimum absolute atomic E-state index is 0.0865. The van der Waals surface area contributed by atoms with E-state index in [0.717, 1.165) is 0 Å². The molecule has 0 unspecified atom stereocenters. The van der Waals surface area contributed by atoms with Crippen LogP contribution in [0, 0.1) is 0 Å². The lowest BCUT2D eigenvalue weighted by atomic mass is 9.99. The van der Waals surface area contributed by atoms with Gasteiger partial charge in [0, 0.05) is 18.8 Å². The maximum absolute atomic E-state index is 12.3. The van der Waals surface area contributed by atoms with Gasteiger partial charge >= 0.3 is 12.0 Å². The van der Waals surface area contributed by atoms with Crippen molar-refractivity contribution in [2.75, 3.05) is 18.4 Å². The van der Waals surface area contributed by atoms with Crippen LogP contribution in [-0.4, -0.2) is 46.5 Å². The third-order valence-electron chi connectivity index (χ3n) is 3.46. The standard InChI is InChI=1S/C14H17N3O4/c1-14(2)12(20)15-6-7-17(14)13(21)16-10-5-3-4-9(8-10)11(18)19/h3-5,8H,6-7H2,1-2H3,(H,15,20)(H,16,21)(H,18,19). The van der Waals surface area contributed by atoms with E-state index >= 15 is 0 Å². The fraction of sp³-hybridized carbons (Fsp3) is 0.357. The number of nitrogens with one attached hydrogen (secondary N) is 2. The highest BCUT2D eigenvalue weighted by Gasteiger charge is 2.40. The molecule has 0 atom stereocenters. The summed E-state index contributed by atoms with van der Waals surface area (Å²) >= 11 is 0. The second kappa shape index (κ2) is 5.43. The first-order valence-corrected chi connectivity index (χ1v) is 6.52. The number of rotatable bonds is 2. The highest BCUT2D eigenvalue weighted by Crippen LogP contribution is 2.20. The lowest BCUT2D eigenvalue weighted by Crippen LogP contribution is -2.64. The predicted molar refractivity (Wildman–Crippen MR) is 76.2 cm³/mol. The predicted octanol–water partition coefficient (Wildman–Crippen LogP) is 1.13. The zero-order valence-corrected chi connectivity index (χ0v) is 11.8. The molecule has 3 N–H and O–H groups in total. The van der Waals surface area contributed by atoms with Crippen LogP contribution in [0.2, 0.25) is 0 Å². The van der Waals surface area contributed by atoms with Gasteiger partial charge in [-0.2, -0.15) is 0 Å². The molecule has 1 aromatic carbocycles. The van der Waals surface area contributed by atoms with Gasteiger partial charge in [-0.15, -0.1) is 0 Å². The van der Waals surface area contributed by atoms with Crippen molar-refractivity contribution in [1.82, 2.24) is 10.2 Å². The van der Waals surface area contributed by atoms with Gasteiger partial charge in [-0.25, -0.2) is 9.59 Å². The van der Waals surface area contributed by atoms with Gasteiger partial charge in [0.05, 0.1) is 5.56 Å². The van der Waals surface area contributed by atoms with Gasteiger partial charge in [-0.1, -0.05) is 6.07 Å². The highest BCUT2D eigenvalue weighted by molar-refractivity contribution is 5.97. The van der Waals surface area contributed by atoms with Gasteiger partial charge in [-0.3, -0.25) is 4.79 Å². The van der Waals surface area contributed by atoms with E-state index in [1.165, 1.54) is 17.0 Å². The van der Waals surface area contributed by atoms with E-state index in [1.54, 1.807) is 26.0 Å². The number of hydrogen-bond acceptors (Lipinski definition) is 3. The Bertz CT molecular complexity index is 598. The van der Waals surface area contributed by atoms with Crippen molar-refractivity contribution >= 4 is 23.6 Å². The summed E-state index contributed by atoms with van der Waals surface area (Å²) < 4.78 is 0. The molecule has 1 saturated heterocycles. The van der Waals surface area contributed by atoms with E-state index in [9.17, 15) is 14.4 Å². The SMILES string of the molecule is CC1(C)C(=O)NCCN1C(=O)Nc1cccc(C(=O)O)c1. The molecule has 0 bridgehead atoms. The second-order valence-corrected chi connectivity index (χ2v) is 5.28. The molecule has 3 amide bonds. The molecule has 21 heavy (non-hydrogen) atoms. The smallest absolute Gasteiger partial charge is 0.335 e. The van der Waals surface area contributed by atoms with Gasteiger partial charge in [-0.05, 0) is 32.0 Å². The molecule has 1 aromatic rings. The fourth-order valence-corrected chi connectivity index (χ4v) is 2.18. The number of hydrogen-bond donors (Lipinski definition) is 3. The fourth-order valence-electron chi connectivity index (χ4n) is 2.18. The summed E-state index contributed by atoms with van der Waals surface area (Å²) in [5.74, 6) is -1.29. The molecule has 112 valence electrons. The lowest BCUT2D eigenvalue weighted by molar-refractivity contribution is -0.132. The Kier molecular flexibility index (Phi) is 3.84. The van der Waals surface area contributed by atoms with Gasteiger partial charge < -0.3 is 20.6 Å². The number of carboxylic acid groups (broad SMARTS) is 1. The number of benzene rings is 1. The van der Waals surface area contributed by atoms with Crippen LogP contribution in [0.25, 0.3) is 0 Å². The lowest BCUT2D eigenvalue weighted by Gasteiger charge is -2.40. The van der Waals surface area contributed by atoms with Gasteiger partial charge in [0.1, 0.15) is 5.54 Å². The summed E-state index contributed by atoms with van der Waals surface area (Å²) in [6.07, 6.45) is 0. The number of anilines is 1. The Morgan fingerprint density at radius 3 is 2.76 bits per heavy atom. The first kappa shape index (κ1) is 14.8. The van der Waals surface area contributed by atoms with E-state index in [-0.39, 0.29) is 11.5 Å². The monoisotopic (exact) mass is 291 g/mol. The Morgan fingerprint density at radius 2 is 2.10 bits per heavy atom. The van der Waals surface area contributed by atoms with Crippen LogP contribution < -0.4 is 10.6 Å². The molecule has 1 aliphatic rings. The molecule has 7 nitrogen and oxygen atoms in total. The van der Waals surface area contributed by atoms with Crippen LogP contribution in [0.4, 0.5) is 10.5 Å². The Hall–Kier alpha value is -2.57. The molecular formula is C14H17N3O4. The second-order valence-electron chi connectivity index (χ2n) is 5.28. The number of carboxylic acids is 1. The Morgan fingerprint density at radius 1 is 1.38 bits per heavy atom. The highest BCUT2D eigenvalue weighted by atomic mass is 16.4. The van der Waals surface area contributed by atoms with Crippen LogP contribution in [-0.2, 0) is 4.79 Å². The van der Waals surface area contributed by atoms with Gasteiger partial charge in [0.2, 0.25) is 5.91 Å². The zero-order valence-electron chi connectivity index (χ0n) is 11.8. The molecule has 1 aliphatic heterocycles. The molecule has 2 rings (SSSR count). The van der Waals surface area contributed by atoms with Crippen molar-refractivity contribution in [1.29, 1.82) is 0 Å². The molecule has 0 radical (unpaired) electrons. The number of aromatic carboxylic acids is 1. The number of nitrogens with zero attached hydrogens (tertiary/aromatic N) is 1. The van der Waals surface area contributed by atoms with Crippen LogP contribution in [0.15, 0.2) is 24.3 Å². The van der Waals surface area contributed by atoms with E-state index < -0.39 is 17.5 Å². The third-order valence-corrected chi connectivity index (χ3v) is 3.46. The number of piperazine rings is 1. The summed E-state index contributed by atoms with van der Waals surface area (Å²) in [7, 11) is 0. The van der Waals surface area contributed by atoms with Crippen molar-refractivity contribution in [3.8, 4) is 0 Å². The minimum Gasteiger partial charge on any atom is -0.478 e. The van der Waals surface area contributed by atoms with Crippen molar-refractivity contribution in [3.05, 3.63) is 29.8 Å². The molecule has 1 heterocycles. The van der Waals surface area contributed by atoms with E-state index in [4.69, 9.17) is 5.11 Å². The molecule has 0 spiro atoms. The first-order valence-electron chi connectivity index (χ1n) is 6.52. The molecule has 0 saturated carbocycles. The van der Waals surface area contributed by atoms with Crippen molar-refractivity contribution in [2.45, 2.75) is 19.4 Å². The molecule has 0 aromatic heterocycles. The number of carbonyl (C=O) groups is 3. The third kappa shape index (κ3) is 2.96. The first-order chi connectivity index (χ1) is 9.82. The number of amides is 3. The quantitative estimate of drug-likeness (QED) is 0.760. The zero-order chi connectivity index (χ0) is 15.6. The van der Waals surface area contributed by atoms with Crippen molar-refractivity contribution < 1.29 is 19.5 Å². The summed E-state index contributed by atoms with van der Waals surface area (Å²) in [5.41, 5.74) is -0.489. The largest absolute Gasteiger partial charge is 0.478 e. The summed E-state index contributed by atoms with van der Waals surface area (Å²) in [5, 5.41) is 14.3. The minimum atomic E-state index is -1.07. The van der Waals surface area contributed by atoms with E-state index in [0.29, 0.717) is 18.8 Å². The van der Waals surface area contributed by atoms with Crippen LogP contribution in [0.1, 0.15) is 24.2 Å². The summed E-state index contributed by atoms with van der Waals surface area (Å²) in [4.78, 5) is 36.5. The number of carbonyl (C=O) groups excluding carboxylic acids is 2. The Balaban J connectivity index is 2.16. The van der Waals surface area contributed by atoms with Crippen LogP contribution in [0.3, 0.4) is 0 Å². The molecule has 1 fully saturated rings. The Labute approximate surface area is 121 Å². The molecule has 0 aliphatic carbocycles. The van der Waals surface area contributed by atoms with Crippen molar-refractivity contribution in [2.24, 2.45) is 0 Å². The van der Waals surface area contributed by atoms with Crippen LogP contribution in [0.5, 0.6) is 0 Å².